The Balaban J connectivity index is 1.64. The molecule has 3 saturated carbocycles. The van der Waals surface area contributed by atoms with Gasteiger partial charge in [0.25, 0.3) is 0 Å². The number of aliphatic hydroxyl groups is 1. The SMILES string of the molecule is CN(C)[C@@H]1C(=O)C(C(N)=O)C(=O)[C@@]2(O)C(=O)C3C(=O)c4c(O)cccc4/C(=C\c4ccc(Cl)cc4)[C@H]3[C@H](OC(=O)C3CCCCC3)[C@@H]12. The Bertz CT molecular complexity index is 1730. The van der Waals surface area contributed by atoms with E-state index in [1.165, 1.54) is 31.1 Å². The van der Waals surface area contributed by atoms with Crippen LogP contribution in [0.2, 0.25) is 5.02 Å². The third kappa shape index (κ3) is 5.12. The van der Waals surface area contributed by atoms with Gasteiger partial charge in [-0.2, -0.15) is 0 Å². The van der Waals surface area contributed by atoms with Gasteiger partial charge in [0.15, 0.2) is 34.7 Å². The molecule has 0 heterocycles. The maximum absolute atomic E-state index is 14.6. The highest BCUT2D eigenvalue weighted by atomic mass is 35.5. The molecule has 3 fully saturated rings. The molecule has 7 atom stereocenters. The molecule has 0 bridgehead atoms. The normalized spacial score (nSPS) is 31.7. The molecule has 0 aliphatic heterocycles. The fourth-order valence-electron chi connectivity index (χ4n) is 8.09. The fraction of sp³-hybridized carbons (Fsp3) is 0.429. The monoisotopic (exact) mass is 662 g/mol. The lowest BCUT2D eigenvalue weighted by molar-refractivity contribution is -0.202. The van der Waals surface area contributed by atoms with E-state index in [9.17, 15) is 39.0 Å². The van der Waals surface area contributed by atoms with E-state index in [-0.39, 0.29) is 11.1 Å². The zero-order valence-electron chi connectivity index (χ0n) is 25.9. The molecule has 0 saturated heterocycles. The van der Waals surface area contributed by atoms with Crippen LogP contribution in [0.5, 0.6) is 5.75 Å². The van der Waals surface area contributed by atoms with Gasteiger partial charge >= 0.3 is 5.97 Å². The molecule has 0 spiro atoms. The summed E-state index contributed by atoms with van der Waals surface area (Å²) >= 11 is 6.13. The van der Waals surface area contributed by atoms with Crippen molar-refractivity contribution < 1.29 is 43.7 Å². The number of amides is 1. The number of ketones is 4. The molecule has 2 aromatic carbocycles. The summed E-state index contributed by atoms with van der Waals surface area (Å²) < 4.78 is 6.26. The van der Waals surface area contributed by atoms with Gasteiger partial charge in [-0.05, 0) is 61.8 Å². The first-order chi connectivity index (χ1) is 22.3. The van der Waals surface area contributed by atoms with Crippen LogP contribution >= 0.6 is 11.6 Å². The van der Waals surface area contributed by atoms with Crippen molar-refractivity contribution in [1.82, 2.24) is 4.90 Å². The number of ether oxygens (including phenoxy) is 1. The van der Waals surface area contributed by atoms with Crippen LogP contribution in [0.1, 0.15) is 53.6 Å². The standard InChI is InChI=1S/C35H35ClN2O9/c1-38(2)27-26-30(47-34(45)17-7-4-3-5-8-17)23-20(15-16-11-13-18(36)14-12-16)19-9-6-10-21(39)22(19)28(40)24(23)31(42)35(26,46)32(43)25(29(27)41)33(37)44/h6,9-15,17,23-27,30,39,46H,3-5,7-8H2,1-2H3,(H2,37,44)/b20-15+/t23-,24?,25?,26-,27+,30+,35+/m1/s1. The van der Waals surface area contributed by atoms with Crippen LogP contribution in [0.25, 0.3) is 11.6 Å². The lowest BCUT2D eigenvalue weighted by Crippen LogP contribution is -2.77. The van der Waals surface area contributed by atoms with Gasteiger partial charge in [-0.25, -0.2) is 0 Å². The lowest BCUT2D eigenvalue weighted by atomic mass is 9.50. The molecule has 0 radical (unpaired) electrons. The molecule has 0 aromatic heterocycles. The van der Waals surface area contributed by atoms with E-state index < -0.39 is 88.1 Å². The summed E-state index contributed by atoms with van der Waals surface area (Å²) in [5.41, 5.74) is 3.33. The quantitative estimate of drug-likeness (QED) is 0.318. The van der Waals surface area contributed by atoms with Gasteiger partial charge < -0.3 is 20.7 Å². The van der Waals surface area contributed by atoms with E-state index in [1.807, 2.05) is 0 Å². The van der Waals surface area contributed by atoms with E-state index in [2.05, 4.69) is 0 Å². The van der Waals surface area contributed by atoms with Crippen molar-refractivity contribution in [2.24, 2.45) is 35.3 Å². The number of nitrogens with two attached hydrogens (primary N) is 1. The molecular weight excluding hydrogens is 628 g/mol. The Morgan fingerprint density at radius 2 is 1.66 bits per heavy atom. The minimum absolute atomic E-state index is 0.211. The van der Waals surface area contributed by atoms with Crippen molar-refractivity contribution in [2.45, 2.75) is 49.9 Å². The molecule has 6 rings (SSSR count). The van der Waals surface area contributed by atoms with E-state index in [4.69, 9.17) is 22.1 Å². The smallest absolute Gasteiger partial charge is 0.309 e. The highest BCUT2D eigenvalue weighted by molar-refractivity contribution is 6.33. The van der Waals surface area contributed by atoms with Crippen molar-refractivity contribution in [3.8, 4) is 5.75 Å². The number of carbonyl (C=O) groups is 6. The van der Waals surface area contributed by atoms with Crippen LogP contribution in [0.15, 0.2) is 42.5 Å². The van der Waals surface area contributed by atoms with Crippen LogP contribution in [0.3, 0.4) is 0 Å². The Morgan fingerprint density at radius 1 is 1.00 bits per heavy atom. The average Bonchev–Trinajstić information content (AvgIpc) is 3.03. The molecule has 47 heavy (non-hydrogen) atoms. The minimum atomic E-state index is -3.11. The predicted molar refractivity (Wildman–Crippen MR) is 169 cm³/mol. The zero-order chi connectivity index (χ0) is 33.9. The van der Waals surface area contributed by atoms with Gasteiger partial charge in [-0.3, -0.25) is 33.7 Å². The number of benzene rings is 2. The number of rotatable bonds is 5. The summed E-state index contributed by atoms with van der Waals surface area (Å²) in [7, 11) is 2.94. The number of Topliss-reactive ketones (excluding diaryl/α,β-unsaturated/α-hetero) is 4. The van der Waals surface area contributed by atoms with Crippen LogP contribution in [-0.2, 0) is 28.7 Å². The number of halogens is 1. The lowest BCUT2D eigenvalue weighted by Gasteiger charge is -2.56. The van der Waals surface area contributed by atoms with Crippen molar-refractivity contribution in [1.29, 1.82) is 0 Å². The maximum atomic E-state index is 14.6. The summed E-state index contributed by atoms with van der Waals surface area (Å²) in [6.45, 7) is 0. The number of phenolic OH excluding ortho intramolecular Hbond substituents is 1. The molecule has 246 valence electrons. The molecule has 1 amide bonds. The van der Waals surface area contributed by atoms with Gasteiger partial charge in [0.2, 0.25) is 5.91 Å². The first-order valence-electron chi connectivity index (χ1n) is 15.6. The summed E-state index contributed by atoms with van der Waals surface area (Å²) in [5.74, 6) is -14.5. The van der Waals surface area contributed by atoms with Gasteiger partial charge in [0.05, 0.1) is 29.4 Å². The molecule has 2 unspecified atom stereocenters. The van der Waals surface area contributed by atoms with Crippen molar-refractivity contribution in [3.63, 3.8) is 0 Å². The molecule has 2 aromatic rings. The highest BCUT2D eigenvalue weighted by Gasteiger charge is 2.74. The summed E-state index contributed by atoms with van der Waals surface area (Å²) in [4.78, 5) is 84.6. The number of esters is 1. The Kier molecular flexibility index (Phi) is 8.44. The number of carbonyl (C=O) groups excluding carboxylic acids is 6. The topological polar surface area (TPSA) is 181 Å². The Morgan fingerprint density at radius 3 is 2.28 bits per heavy atom. The van der Waals surface area contributed by atoms with Crippen molar-refractivity contribution in [2.75, 3.05) is 14.1 Å². The van der Waals surface area contributed by atoms with Crippen LogP contribution in [0.4, 0.5) is 0 Å². The largest absolute Gasteiger partial charge is 0.507 e. The number of phenols is 1. The van der Waals surface area contributed by atoms with Gasteiger partial charge in [0.1, 0.15) is 11.9 Å². The second-order valence-corrected chi connectivity index (χ2v) is 13.6. The molecular formula is C35H35ClN2O9. The summed E-state index contributed by atoms with van der Waals surface area (Å²) in [5, 5.41) is 23.7. The first kappa shape index (κ1) is 32.7. The Labute approximate surface area is 275 Å². The molecule has 11 nitrogen and oxygen atoms in total. The predicted octanol–water partition coefficient (Wildman–Crippen LogP) is 2.62. The van der Waals surface area contributed by atoms with Crippen LogP contribution in [-0.4, -0.2) is 82.0 Å². The molecule has 4 aliphatic rings. The van der Waals surface area contributed by atoms with Gasteiger partial charge in [-0.15, -0.1) is 0 Å². The first-order valence-corrected chi connectivity index (χ1v) is 16.0. The average molecular weight is 663 g/mol. The fourth-order valence-corrected chi connectivity index (χ4v) is 8.22. The van der Waals surface area contributed by atoms with E-state index in [0.29, 0.717) is 29.0 Å². The number of fused-ring (bicyclic) bond motifs is 3. The highest BCUT2D eigenvalue weighted by Crippen LogP contribution is 2.55. The Hall–Kier alpha value is -4.19. The van der Waals surface area contributed by atoms with Crippen molar-refractivity contribution in [3.05, 3.63) is 64.2 Å². The third-order valence-corrected chi connectivity index (χ3v) is 10.5. The van der Waals surface area contributed by atoms with Crippen LogP contribution in [0, 0.1) is 29.6 Å². The number of primary amides is 1. The molecule has 12 heteroatoms. The number of nitrogens with zero attached hydrogens (tertiary/aromatic N) is 1. The molecule has 4 N–H and O–H groups in total. The second-order valence-electron chi connectivity index (χ2n) is 13.1. The minimum Gasteiger partial charge on any atom is -0.507 e. The summed E-state index contributed by atoms with van der Waals surface area (Å²) in [6, 6.07) is 9.56. The van der Waals surface area contributed by atoms with Gasteiger partial charge in [-0.1, -0.05) is 61.2 Å². The third-order valence-electron chi connectivity index (χ3n) is 10.2. The number of hydrogen-bond donors (Lipinski definition) is 3. The number of aromatic hydroxyl groups is 1. The zero-order valence-corrected chi connectivity index (χ0v) is 26.6. The molecule has 4 aliphatic carbocycles. The van der Waals surface area contributed by atoms with Crippen LogP contribution < -0.4 is 5.73 Å². The second kappa shape index (κ2) is 12.1. The van der Waals surface area contributed by atoms with E-state index in [1.54, 1.807) is 36.4 Å². The summed E-state index contributed by atoms with van der Waals surface area (Å²) in [6.07, 6.45) is 3.69. The van der Waals surface area contributed by atoms with E-state index >= 15 is 0 Å². The number of likely N-dealkylation sites (N-methyl/N-ethyl adjacent to an activating group) is 1. The van der Waals surface area contributed by atoms with Crippen molar-refractivity contribution >= 4 is 58.3 Å². The van der Waals surface area contributed by atoms with E-state index in [0.717, 1.165) is 19.3 Å². The van der Waals surface area contributed by atoms with Gasteiger partial charge in [0, 0.05) is 10.9 Å². The maximum Gasteiger partial charge on any atom is 0.309 e. The number of hydrogen-bond acceptors (Lipinski definition) is 10.